The van der Waals surface area contributed by atoms with Crippen LogP contribution in [-0.4, -0.2) is 38.6 Å². The van der Waals surface area contributed by atoms with E-state index in [1.165, 1.54) is 0 Å². The van der Waals surface area contributed by atoms with Gasteiger partial charge in [0.05, 0.1) is 11.2 Å². The van der Waals surface area contributed by atoms with Crippen LogP contribution in [0.3, 0.4) is 0 Å². The van der Waals surface area contributed by atoms with Crippen molar-refractivity contribution < 1.29 is 17.4 Å². The molecule has 0 radical (unpaired) electrons. The molecule has 1 atom stereocenters. The Morgan fingerprint density at radius 1 is 1.64 bits per heavy atom. The summed E-state index contributed by atoms with van der Waals surface area (Å²) in [5.74, 6) is 0. The zero-order chi connectivity index (χ0) is 11.2. The monoisotopic (exact) mass is 239 g/mol. The standard InChI is InChI=1S/C7H13NO4S2/c1-3-7(13)8-4-6(5-9)12-14(2,10)11/h5-6H,3-4H2,1-2H3,(H,8,13). The molecule has 1 unspecified atom stereocenters. The number of hydrogen-bond acceptors (Lipinski definition) is 5. The molecule has 0 bridgehead atoms. The smallest absolute Gasteiger partial charge is 0.265 e. The van der Waals surface area contributed by atoms with Gasteiger partial charge in [-0.15, -0.1) is 0 Å². The third-order valence-corrected chi connectivity index (χ3v) is 2.30. The average molecular weight is 239 g/mol. The summed E-state index contributed by atoms with van der Waals surface area (Å²) in [6, 6.07) is 0. The highest BCUT2D eigenvalue weighted by Gasteiger charge is 2.14. The molecule has 0 amide bonds. The second-order valence-electron chi connectivity index (χ2n) is 2.63. The largest absolute Gasteiger partial charge is 0.377 e. The van der Waals surface area contributed by atoms with E-state index in [4.69, 9.17) is 12.2 Å². The van der Waals surface area contributed by atoms with Crippen LogP contribution in [0.4, 0.5) is 0 Å². The quantitative estimate of drug-likeness (QED) is 0.395. The van der Waals surface area contributed by atoms with E-state index >= 15 is 0 Å². The van der Waals surface area contributed by atoms with Crippen LogP contribution in [-0.2, 0) is 19.1 Å². The Hall–Kier alpha value is -0.530. The van der Waals surface area contributed by atoms with Crippen LogP contribution in [0.5, 0.6) is 0 Å². The van der Waals surface area contributed by atoms with Gasteiger partial charge in [-0.1, -0.05) is 19.1 Å². The molecule has 14 heavy (non-hydrogen) atoms. The van der Waals surface area contributed by atoms with Crippen LogP contribution in [0.25, 0.3) is 0 Å². The molecule has 0 spiro atoms. The van der Waals surface area contributed by atoms with Crippen molar-refractivity contribution in [2.24, 2.45) is 0 Å². The molecular weight excluding hydrogens is 226 g/mol. The van der Waals surface area contributed by atoms with Gasteiger partial charge in [-0.05, 0) is 6.42 Å². The highest BCUT2D eigenvalue weighted by molar-refractivity contribution is 7.86. The molecule has 7 heteroatoms. The molecule has 1 N–H and O–H groups in total. The Morgan fingerprint density at radius 3 is 2.57 bits per heavy atom. The second kappa shape index (κ2) is 6.05. The maximum atomic E-state index is 10.7. The maximum absolute atomic E-state index is 10.7. The predicted octanol–water partition coefficient (Wildman–Crippen LogP) is -0.143. The van der Waals surface area contributed by atoms with E-state index in [-0.39, 0.29) is 6.54 Å². The molecule has 0 heterocycles. The summed E-state index contributed by atoms with van der Waals surface area (Å²) in [4.78, 5) is 11.0. The van der Waals surface area contributed by atoms with Crippen LogP contribution in [0.15, 0.2) is 0 Å². The van der Waals surface area contributed by atoms with Crippen molar-refractivity contribution in [1.82, 2.24) is 5.32 Å². The van der Waals surface area contributed by atoms with Crippen molar-refractivity contribution in [3.63, 3.8) is 0 Å². The highest BCUT2D eigenvalue weighted by Crippen LogP contribution is 1.94. The first kappa shape index (κ1) is 13.5. The van der Waals surface area contributed by atoms with Gasteiger partial charge in [0.25, 0.3) is 10.1 Å². The van der Waals surface area contributed by atoms with Crippen molar-refractivity contribution in [3.8, 4) is 0 Å². The fourth-order valence-electron chi connectivity index (χ4n) is 0.669. The molecule has 0 aliphatic rings. The van der Waals surface area contributed by atoms with E-state index in [2.05, 4.69) is 9.50 Å². The van der Waals surface area contributed by atoms with Gasteiger partial charge in [0, 0.05) is 6.54 Å². The second-order valence-corrected chi connectivity index (χ2v) is 4.73. The van der Waals surface area contributed by atoms with Gasteiger partial charge in [0.1, 0.15) is 6.10 Å². The van der Waals surface area contributed by atoms with E-state index in [0.717, 1.165) is 6.26 Å². The molecule has 5 nitrogen and oxygen atoms in total. The molecule has 82 valence electrons. The van der Waals surface area contributed by atoms with Crippen molar-refractivity contribution >= 4 is 33.6 Å². The summed E-state index contributed by atoms with van der Waals surface area (Å²) in [5, 5.41) is 2.72. The highest BCUT2D eigenvalue weighted by atomic mass is 32.2. The summed E-state index contributed by atoms with van der Waals surface area (Å²) in [7, 11) is -3.60. The van der Waals surface area contributed by atoms with Crippen molar-refractivity contribution in [2.75, 3.05) is 12.8 Å². The van der Waals surface area contributed by atoms with Crippen molar-refractivity contribution in [2.45, 2.75) is 19.4 Å². The Morgan fingerprint density at radius 2 is 2.21 bits per heavy atom. The number of hydrogen-bond donors (Lipinski definition) is 1. The molecule has 0 aliphatic heterocycles. The molecule has 0 aliphatic carbocycles. The van der Waals surface area contributed by atoms with Gasteiger partial charge >= 0.3 is 0 Å². The first-order valence-corrected chi connectivity index (χ1v) is 6.21. The lowest BCUT2D eigenvalue weighted by atomic mass is 10.4. The van der Waals surface area contributed by atoms with Gasteiger partial charge in [-0.25, -0.2) is 0 Å². The Labute approximate surface area is 88.9 Å². The fraction of sp³-hybridized carbons (Fsp3) is 0.714. The van der Waals surface area contributed by atoms with Gasteiger partial charge in [0.2, 0.25) is 0 Å². The number of nitrogens with one attached hydrogen (secondary N) is 1. The molecule has 0 aromatic rings. The zero-order valence-electron chi connectivity index (χ0n) is 8.02. The van der Waals surface area contributed by atoms with Crippen LogP contribution in [0.2, 0.25) is 0 Å². The van der Waals surface area contributed by atoms with Crippen molar-refractivity contribution in [3.05, 3.63) is 0 Å². The third kappa shape index (κ3) is 6.93. The number of carbonyl (C=O) groups is 1. The zero-order valence-corrected chi connectivity index (χ0v) is 9.65. The fourth-order valence-corrected chi connectivity index (χ4v) is 1.31. The summed E-state index contributed by atoms with van der Waals surface area (Å²) < 4.78 is 25.8. The number of rotatable bonds is 6. The number of carbonyl (C=O) groups excluding carboxylic acids is 1. The summed E-state index contributed by atoms with van der Waals surface area (Å²) >= 11 is 4.83. The molecule has 0 rings (SSSR count). The van der Waals surface area contributed by atoms with Crippen LogP contribution in [0.1, 0.15) is 13.3 Å². The first-order valence-electron chi connectivity index (χ1n) is 3.99. The number of thiocarbonyl (C=S) groups is 1. The molecule has 0 saturated carbocycles. The van der Waals surface area contributed by atoms with Crippen LogP contribution < -0.4 is 5.32 Å². The van der Waals surface area contributed by atoms with Crippen LogP contribution >= 0.6 is 12.2 Å². The average Bonchev–Trinajstić information content (AvgIpc) is 2.09. The summed E-state index contributed by atoms with van der Waals surface area (Å²) in [6.45, 7) is 1.92. The van der Waals surface area contributed by atoms with E-state index in [9.17, 15) is 13.2 Å². The molecule has 0 aromatic carbocycles. The maximum Gasteiger partial charge on any atom is 0.265 e. The predicted molar refractivity (Wildman–Crippen MR) is 56.7 cm³/mol. The van der Waals surface area contributed by atoms with Gasteiger partial charge in [-0.2, -0.15) is 8.42 Å². The molecule has 0 saturated heterocycles. The van der Waals surface area contributed by atoms with Crippen molar-refractivity contribution in [1.29, 1.82) is 0 Å². The lowest BCUT2D eigenvalue weighted by Crippen LogP contribution is -2.34. The lowest BCUT2D eigenvalue weighted by Gasteiger charge is -2.11. The minimum absolute atomic E-state index is 0.0727. The molecular formula is C7H13NO4S2. The Balaban J connectivity index is 4.05. The topological polar surface area (TPSA) is 72.5 Å². The van der Waals surface area contributed by atoms with E-state index in [1.807, 2.05) is 6.92 Å². The van der Waals surface area contributed by atoms with Gasteiger partial charge < -0.3 is 10.1 Å². The minimum Gasteiger partial charge on any atom is -0.377 e. The minimum atomic E-state index is -3.60. The molecule has 0 fully saturated rings. The van der Waals surface area contributed by atoms with Gasteiger partial charge in [-0.3, -0.25) is 4.18 Å². The van der Waals surface area contributed by atoms with E-state index in [0.29, 0.717) is 17.7 Å². The summed E-state index contributed by atoms with van der Waals surface area (Å²) in [5.41, 5.74) is 0. The van der Waals surface area contributed by atoms with E-state index in [1.54, 1.807) is 0 Å². The SMILES string of the molecule is CCC(=S)NCC(C=O)OS(C)(=O)=O. The normalized spacial score (nSPS) is 13.3. The Bertz CT molecular complexity index is 299. The lowest BCUT2D eigenvalue weighted by molar-refractivity contribution is -0.113. The van der Waals surface area contributed by atoms with E-state index < -0.39 is 16.2 Å². The first-order chi connectivity index (χ1) is 6.39. The molecule has 0 aromatic heterocycles. The summed E-state index contributed by atoms with van der Waals surface area (Å²) in [6.07, 6.45) is 0.933. The third-order valence-electron chi connectivity index (χ3n) is 1.27. The van der Waals surface area contributed by atoms with Crippen LogP contribution in [0, 0.1) is 0 Å². The van der Waals surface area contributed by atoms with Gasteiger partial charge in [0.15, 0.2) is 6.29 Å². The Kier molecular flexibility index (Phi) is 5.82. The number of aldehydes is 1.